The summed E-state index contributed by atoms with van der Waals surface area (Å²) in [7, 11) is 6.36. The van der Waals surface area contributed by atoms with E-state index in [4.69, 9.17) is 0 Å². The minimum Gasteiger partial charge on any atom is -0.317 e. The normalized spacial score (nSPS) is 20.1. The van der Waals surface area contributed by atoms with Crippen LogP contribution in [-0.4, -0.2) is 87.7 Å². The second-order valence-corrected chi connectivity index (χ2v) is 6.17. The van der Waals surface area contributed by atoms with Crippen molar-refractivity contribution in [3.8, 4) is 0 Å². The largest absolute Gasteiger partial charge is 0.317 e. The molecule has 0 aromatic rings. The minimum absolute atomic E-state index is 0.669. The summed E-state index contributed by atoms with van der Waals surface area (Å²) in [5, 5.41) is 3.31. The maximum atomic E-state index is 3.31. The fraction of sp³-hybridized carbons (Fsp3) is 1.00. The molecule has 0 radical (unpaired) electrons. The van der Waals surface area contributed by atoms with Gasteiger partial charge in [0.1, 0.15) is 0 Å². The first kappa shape index (κ1) is 16.9. The van der Waals surface area contributed by atoms with Gasteiger partial charge >= 0.3 is 0 Å². The standard InChI is InChI=1S/C15H34N4/c1-15(16-2)7-5-6-8-18-11-13-19(14-12-18)10-9-17(3)4/h15-16H,5-14H2,1-4H3. The monoisotopic (exact) mass is 270 g/mol. The van der Waals surface area contributed by atoms with E-state index in [1.54, 1.807) is 0 Å². The van der Waals surface area contributed by atoms with Gasteiger partial charge in [0.05, 0.1) is 0 Å². The summed E-state index contributed by atoms with van der Waals surface area (Å²) in [5.74, 6) is 0. The van der Waals surface area contributed by atoms with Crippen LogP contribution in [0.3, 0.4) is 0 Å². The summed E-state index contributed by atoms with van der Waals surface area (Å²) in [6.07, 6.45) is 4.01. The number of piperazine rings is 1. The number of hydrogen-bond acceptors (Lipinski definition) is 4. The summed E-state index contributed by atoms with van der Waals surface area (Å²) in [6.45, 7) is 11.0. The van der Waals surface area contributed by atoms with E-state index >= 15 is 0 Å². The predicted molar refractivity (Wildman–Crippen MR) is 83.8 cm³/mol. The van der Waals surface area contributed by atoms with Crippen molar-refractivity contribution < 1.29 is 0 Å². The van der Waals surface area contributed by atoms with Crippen LogP contribution in [0.15, 0.2) is 0 Å². The number of nitrogens with one attached hydrogen (secondary N) is 1. The molecule has 0 aromatic heterocycles. The highest BCUT2D eigenvalue weighted by molar-refractivity contribution is 4.72. The van der Waals surface area contributed by atoms with Gasteiger partial charge in [0, 0.05) is 45.3 Å². The predicted octanol–water partition coefficient (Wildman–Crippen LogP) is 0.944. The van der Waals surface area contributed by atoms with Crippen molar-refractivity contribution in [2.45, 2.75) is 32.2 Å². The summed E-state index contributed by atoms with van der Waals surface area (Å²) >= 11 is 0. The van der Waals surface area contributed by atoms with Crippen molar-refractivity contribution >= 4 is 0 Å². The molecule has 0 saturated carbocycles. The molecular weight excluding hydrogens is 236 g/mol. The Morgan fingerprint density at radius 1 is 1.00 bits per heavy atom. The van der Waals surface area contributed by atoms with Crippen LogP contribution in [0.4, 0.5) is 0 Å². The lowest BCUT2D eigenvalue weighted by Crippen LogP contribution is -2.48. The molecule has 4 nitrogen and oxygen atoms in total. The molecule has 0 amide bonds. The molecule has 1 saturated heterocycles. The molecule has 0 spiro atoms. The molecular formula is C15H34N4. The smallest absolute Gasteiger partial charge is 0.0110 e. The fourth-order valence-electron chi connectivity index (χ4n) is 2.51. The topological polar surface area (TPSA) is 21.8 Å². The van der Waals surface area contributed by atoms with Crippen LogP contribution in [0.1, 0.15) is 26.2 Å². The third-order valence-electron chi connectivity index (χ3n) is 4.18. The molecule has 19 heavy (non-hydrogen) atoms. The highest BCUT2D eigenvalue weighted by Crippen LogP contribution is 2.06. The Kier molecular flexibility index (Phi) is 8.62. The fourth-order valence-corrected chi connectivity index (χ4v) is 2.51. The van der Waals surface area contributed by atoms with Crippen molar-refractivity contribution in [3.05, 3.63) is 0 Å². The van der Waals surface area contributed by atoms with Crippen molar-refractivity contribution in [3.63, 3.8) is 0 Å². The molecule has 1 aliphatic rings. The van der Waals surface area contributed by atoms with Crippen molar-refractivity contribution in [1.82, 2.24) is 20.0 Å². The van der Waals surface area contributed by atoms with Gasteiger partial charge in [-0.25, -0.2) is 0 Å². The lowest BCUT2D eigenvalue weighted by molar-refractivity contribution is 0.124. The van der Waals surface area contributed by atoms with Crippen LogP contribution >= 0.6 is 0 Å². The van der Waals surface area contributed by atoms with Gasteiger partial charge in [0.25, 0.3) is 0 Å². The number of nitrogens with zero attached hydrogens (tertiary/aromatic N) is 3. The van der Waals surface area contributed by atoms with E-state index in [0.717, 1.165) is 0 Å². The molecule has 1 unspecified atom stereocenters. The Hall–Kier alpha value is -0.160. The van der Waals surface area contributed by atoms with Gasteiger partial charge in [-0.05, 0) is 47.5 Å². The van der Waals surface area contributed by atoms with Crippen LogP contribution in [0.5, 0.6) is 0 Å². The molecule has 1 fully saturated rings. The van der Waals surface area contributed by atoms with E-state index in [1.807, 2.05) is 0 Å². The lowest BCUT2D eigenvalue weighted by atomic mass is 10.1. The Morgan fingerprint density at radius 3 is 2.11 bits per heavy atom. The van der Waals surface area contributed by atoms with Crippen LogP contribution in [0, 0.1) is 0 Å². The van der Waals surface area contributed by atoms with Crippen molar-refractivity contribution in [2.24, 2.45) is 0 Å². The zero-order valence-corrected chi connectivity index (χ0v) is 13.5. The third kappa shape index (κ3) is 7.88. The van der Waals surface area contributed by atoms with Gasteiger partial charge in [-0.2, -0.15) is 0 Å². The molecule has 1 aliphatic heterocycles. The Balaban J connectivity index is 2.00. The number of unbranched alkanes of at least 4 members (excludes halogenated alkanes) is 1. The number of hydrogen-bond donors (Lipinski definition) is 1. The SMILES string of the molecule is CNC(C)CCCCN1CCN(CCN(C)C)CC1. The molecule has 0 aliphatic carbocycles. The maximum Gasteiger partial charge on any atom is 0.0110 e. The minimum atomic E-state index is 0.669. The summed E-state index contributed by atoms with van der Waals surface area (Å²) < 4.78 is 0. The van der Waals surface area contributed by atoms with Gasteiger partial charge in [-0.3, -0.25) is 4.90 Å². The average Bonchev–Trinajstić information content (AvgIpc) is 2.42. The molecule has 1 rings (SSSR count). The second kappa shape index (κ2) is 9.70. The van der Waals surface area contributed by atoms with E-state index in [0.29, 0.717) is 6.04 Å². The van der Waals surface area contributed by atoms with Crippen LogP contribution < -0.4 is 5.32 Å². The maximum absolute atomic E-state index is 3.31. The number of likely N-dealkylation sites (N-methyl/N-ethyl adjacent to an activating group) is 1. The van der Waals surface area contributed by atoms with Crippen molar-refractivity contribution in [1.29, 1.82) is 0 Å². The van der Waals surface area contributed by atoms with E-state index in [1.165, 1.54) is 65.1 Å². The molecule has 114 valence electrons. The molecule has 1 atom stereocenters. The van der Waals surface area contributed by atoms with E-state index in [2.05, 4.69) is 48.1 Å². The quantitative estimate of drug-likeness (QED) is 0.630. The Morgan fingerprint density at radius 2 is 1.58 bits per heavy atom. The third-order valence-corrected chi connectivity index (χ3v) is 4.18. The summed E-state index contributed by atoms with van der Waals surface area (Å²) in [4.78, 5) is 7.51. The molecule has 0 bridgehead atoms. The summed E-state index contributed by atoms with van der Waals surface area (Å²) in [5.41, 5.74) is 0. The first-order valence-corrected chi connectivity index (χ1v) is 7.88. The van der Waals surface area contributed by atoms with Gasteiger partial charge < -0.3 is 15.1 Å². The number of rotatable bonds is 9. The summed E-state index contributed by atoms with van der Waals surface area (Å²) in [6, 6.07) is 0.669. The molecule has 0 aromatic carbocycles. The van der Waals surface area contributed by atoms with E-state index in [9.17, 15) is 0 Å². The van der Waals surface area contributed by atoms with Gasteiger partial charge in [-0.1, -0.05) is 6.42 Å². The van der Waals surface area contributed by atoms with Gasteiger partial charge in [0.15, 0.2) is 0 Å². The van der Waals surface area contributed by atoms with Gasteiger partial charge in [-0.15, -0.1) is 0 Å². The van der Waals surface area contributed by atoms with Crippen LogP contribution in [0.2, 0.25) is 0 Å². The van der Waals surface area contributed by atoms with Crippen LogP contribution in [0.25, 0.3) is 0 Å². The van der Waals surface area contributed by atoms with Gasteiger partial charge in [0.2, 0.25) is 0 Å². The average molecular weight is 270 g/mol. The second-order valence-electron chi connectivity index (χ2n) is 6.17. The first-order valence-electron chi connectivity index (χ1n) is 7.88. The lowest BCUT2D eigenvalue weighted by Gasteiger charge is -2.35. The van der Waals surface area contributed by atoms with E-state index < -0.39 is 0 Å². The zero-order chi connectivity index (χ0) is 14.1. The Bertz CT molecular complexity index is 212. The Labute approximate surface area is 120 Å². The van der Waals surface area contributed by atoms with Crippen molar-refractivity contribution in [2.75, 3.05) is 67.0 Å². The van der Waals surface area contributed by atoms with Crippen LogP contribution in [-0.2, 0) is 0 Å². The molecule has 1 N–H and O–H groups in total. The molecule has 4 heteroatoms. The zero-order valence-electron chi connectivity index (χ0n) is 13.5. The highest BCUT2D eigenvalue weighted by atomic mass is 15.3. The first-order chi connectivity index (χ1) is 9.11. The highest BCUT2D eigenvalue weighted by Gasteiger charge is 2.15. The van der Waals surface area contributed by atoms with E-state index in [-0.39, 0.29) is 0 Å². The molecule has 1 heterocycles.